The van der Waals surface area contributed by atoms with E-state index >= 15 is 4.79 Å². The molecule has 4 amide bonds. The molecule has 3 aromatic carbocycles. The summed E-state index contributed by atoms with van der Waals surface area (Å²) in [5.41, 5.74) is 12.3. The number of ether oxygens (including phenoxy) is 2. The maximum atomic E-state index is 15.2. The number of cyclic esters (lactones) is 1. The number of benzene rings is 3. The second-order valence-corrected chi connectivity index (χ2v) is 29.2. The van der Waals surface area contributed by atoms with E-state index in [0.717, 1.165) is 55.7 Å². The highest BCUT2D eigenvalue weighted by atomic mass is 28.4. The molecule has 1 saturated heterocycles. The molecule has 0 radical (unpaired) electrons. The summed E-state index contributed by atoms with van der Waals surface area (Å²) < 4.78 is 21.4. The second kappa shape index (κ2) is 25.1. The summed E-state index contributed by atoms with van der Waals surface area (Å²) in [5.74, 6) is -1.53. The van der Waals surface area contributed by atoms with Crippen molar-refractivity contribution < 1.29 is 37.9 Å². The molecule has 2 aromatic heterocycles. The molecule has 78 heavy (non-hydrogen) atoms. The Morgan fingerprint density at radius 1 is 0.897 bits per heavy atom. The Morgan fingerprint density at radius 2 is 1.60 bits per heavy atom. The topological polar surface area (TPSA) is 173 Å². The fourth-order valence-corrected chi connectivity index (χ4v) is 17.3. The number of amides is 4. The van der Waals surface area contributed by atoms with Gasteiger partial charge in [0.25, 0.3) is 14.2 Å². The first-order chi connectivity index (χ1) is 37.0. The minimum atomic E-state index is -2.55. The van der Waals surface area contributed by atoms with Crippen molar-refractivity contribution in [2.75, 3.05) is 26.7 Å². The van der Waals surface area contributed by atoms with Crippen LogP contribution in [0.15, 0.2) is 85.1 Å². The normalized spacial score (nSPS) is 17.6. The highest BCUT2D eigenvalue weighted by Crippen LogP contribution is 2.45. The van der Waals surface area contributed by atoms with E-state index in [0.29, 0.717) is 31.6 Å². The van der Waals surface area contributed by atoms with Gasteiger partial charge in [-0.1, -0.05) is 126 Å². The average molecular weight is 1080 g/mol. The van der Waals surface area contributed by atoms with Gasteiger partial charge in [-0.25, -0.2) is 10.2 Å². The maximum Gasteiger partial charge on any atom is 0.407 e. The number of nitrogens with one attached hydrogen (secondary N) is 3. The highest BCUT2D eigenvalue weighted by Gasteiger charge is 2.47. The van der Waals surface area contributed by atoms with Gasteiger partial charge in [-0.05, 0) is 119 Å². The minimum absolute atomic E-state index is 0.0257. The van der Waals surface area contributed by atoms with E-state index < -0.39 is 74.1 Å². The third-order valence-electron chi connectivity index (χ3n) is 15.8. The molecule has 0 unspecified atom stereocenters. The molecule has 6 bridgehead atoms. The lowest BCUT2D eigenvalue weighted by atomic mass is 9.83. The third kappa shape index (κ3) is 13.1. The molecule has 1 fully saturated rings. The van der Waals surface area contributed by atoms with Crippen LogP contribution in [0.1, 0.15) is 131 Å². The van der Waals surface area contributed by atoms with Gasteiger partial charge in [-0.3, -0.25) is 29.2 Å². The summed E-state index contributed by atoms with van der Waals surface area (Å²) in [4.78, 5) is 77.0. The zero-order chi connectivity index (χ0) is 56.8. The first-order valence-corrected chi connectivity index (χ1v) is 30.3. The van der Waals surface area contributed by atoms with Gasteiger partial charge in [0.05, 0.1) is 18.0 Å². The minimum Gasteiger partial charge on any atom is -0.543 e. The largest absolute Gasteiger partial charge is 0.543 e. The second-order valence-electron chi connectivity index (χ2n) is 23.8. The number of rotatable bonds is 16. The van der Waals surface area contributed by atoms with Gasteiger partial charge in [0.1, 0.15) is 37.0 Å². The van der Waals surface area contributed by atoms with E-state index in [4.69, 9.17) is 18.9 Å². The number of hydrogen-bond acceptors (Lipinski definition) is 10. The molecule has 16 heteroatoms. The molecular formula is C62H85N7O8Si. The Balaban J connectivity index is 1.36. The molecular weight excluding hydrogens is 999 g/mol. The monoisotopic (exact) mass is 1080 g/mol. The van der Waals surface area contributed by atoms with Gasteiger partial charge in [0, 0.05) is 54.6 Å². The van der Waals surface area contributed by atoms with Gasteiger partial charge >= 0.3 is 12.1 Å². The smallest absolute Gasteiger partial charge is 0.407 e. The first-order valence-electron chi connectivity index (χ1n) is 28.1. The van der Waals surface area contributed by atoms with Gasteiger partial charge < -0.3 is 34.0 Å². The fourth-order valence-electron chi connectivity index (χ4n) is 12.1. The number of aryl methyl sites for hydroxylation is 1. The number of hydrazine groups is 1. The predicted octanol–water partition coefficient (Wildman–Crippen LogP) is 11.1. The van der Waals surface area contributed by atoms with Crippen molar-refractivity contribution in [3.8, 4) is 28.1 Å². The molecule has 2 aliphatic rings. The molecule has 0 spiro atoms. The van der Waals surface area contributed by atoms with Gasteiger partial charge in [-0.2, -0.15) is 0 Å². The molecule has 3 atom stereocenters. The molecule has 0 aliphatic carbocycles. The van der Waals surface area contributed by atoms with Crippen molar-refractivity contribution in [3.63, 3.8) is 0 Å². The first kappa shape index (κ1) is 59.1. The van der Waals surface area contributed by atoms with E-state index in [1.54, 1.807) is 0 Å². The van der Waals surface area contributed by atoms with Crippen LogP contribution in [-0.4, -0.2) is 102 Å². The number of pyridine rings is 1. The van der Waals surface area contributed by atoms with E-state index in [1.807, 2.05) is 62.5 Å². The predicted molar refractivity (Wildman–Crippen MR) is 310 cm³/mol. The lowest BCUT2D eigenvalue weighted by Gasteiger charge is -2.42. The molecule has 5 aromatic rings. The Bertz CT molecular complexity index is 2930. The van der Waals surface area contributed by atoms with Crippen molar-refractivity contribution in [1.29, 1.82) is 0 Å². The Kier molecular flexibility index (Phi) is 19.0. The summed E-state index contributed by atoms with van der Waals surface area (Å²) in [6.45, 7) is 28.7. The summed E-state index contributed by atoms with van der Waals surface area (Å²) in [7, 11) is -1.03. The quantitative estimate of drug-likeness (QED) is 0.0637. The highest BCUT2D eigenvalue weighted by molar-refractivity contribution is 6.78. The molecule has 7 rings (SSSR count). The number of hydrogen-bond donors (Lipinski definition) is 3. The lowest BCUT2D eigenvalue weighted by Crippen LogP contribution is -2.62. The maximum absolute atomic E-state index is 15.2. The molecule has 15 nitrogen and oxygen atoms in total. The van der Waals surface area contributed by atoms with Crippen LogP contribution >= 0.6 is 0 Å². The zero-order valence-electron chi connectivity index (χ0n) is 48.6. The number of alkyl carbamates (subject to hydrolysis) is 1. The number of aromatic nitrogens is 2. The van der Waals surface area contributed by atoms with Gasteiger partial charge in [-0.15, -0.1) is 0 Å². The van der Waals surface area contributed by atoms with Crippen molar-refractivity contribution in [2.24, 2.45) is 11.3 Å². The van der Waals surface area contributed by atoms with Crippen LogP contribution in [0.25, 0.3) is 33.3 Å². The van der Waals surface area contributed by atoms with E-state index in [2.05, 4.69) is 133 Å². The van der Waals surface area contributed by atoms with Gasteiger partial charge in [0.15, 0.2) is 0 Å². The van der Waals surface area contributed by atoms with Crippen LogP contribution in [0.3, 0.4) is 0 Å². The number of carbonyl (C=O) groups excluding carboxylic acids is 5. The summed E-state index contributed by atoms with van der Waals surface area (Å²) in [6, 6.07) is 23.2. The molecule has 3 N–H and O–H groups in total. The van der Waals surface area contributed by atoms with E-state index in [-0.39, 0.29) is 48.7 Å². The molecule has 2 aliphatic heterocycles. The number of nitrogens with zero attached hydrogens (tertiary/aromatic N) is 4. The standard InChI is InChI=1S/C62H85N7O8Si/c1-15-68-53-26-25-45-33-49(53)50(57(68)48-23-19-27-63-55(48)38(2)3)34-62(12,13)37-76-60(73)51-24-20-28-69(66-51)59(72)52(31-44-29-46(45)32-47(30-44)77-78(40(6)7,41(8)9)42(10)11)65-58(71)56(39(4)5)67(14)54(70)35-64-61(74)75-36-43-21-17-16-18-22-43/h16-19,21-23,25-27,29-30,32-33,38-42,51-52,56,66H,15,20,24,28,31,34-37H2,1-14H3,(H,64,74)(H,65,71)/t51-,52-,56-/m0/s1. The van der Waals surface area contributed by atoms with Crippen molar-refractivity contribution >= 4 is 49.0 Å². The van der Waals surface area contributed by atoms with Crippen LogP contribution in [0.4, 0.5) is 4.79 Å². The van der Waals surface area contributed by atoms with Crippen molar-refractivity contribution in [1.82, 2.24) is 35.5 Å². The Morgan fingerprint density at radius 3 is 2.26 bits per heavy atom. The molecule has 420 valence electrons. The van der Waals surface area contributed by atoms with Crippen LogP contribution in [0.5, 0.6) is 5.75 Å². The van der Waals surface area contributed by atoms with Crippen molar-refractivity contribution in [3.05, 3.63) is 107 Å². The average Bonchev–Trinajstić information content (AvgIpc) is 3.94. The third-order valence-corrected chi connectivity index (χ3v) is 21.8. The van der Waals surface area contributed by atoms with Crippen molar-refractivity contribution in [2.45, 2.75) is 170 Å². The Hall–Kier alpha value is -6.52. The Labute approximate surface area is 463 Å². The zero-order valence-corrected chi connectivity index (χ0v) is 49.6. The molecule has 0 saturated carbocycles. The van der Waals surface area contributed by atoms with E-state index in [9.17, 15) is 19.2 Å². The van der Waals surface area contributed by atoms with E-state index in [1.165, 1.54) is 17.0 Å². The van der Waals surface area contributed by atoms with Crippen LogP contribution in [0.2, 0.25) is 16.6 Å². The lowest BCUT2D eigenvalue weighted by molar-refractivity contribution is -0.155. The van der Waals surface area contributed by atoms with Gasteiger partial charge in [0.2, 0.25) is 11.8 Å². The number of carbonyl (C=O) groups is 5. The fraction of sp³-hybridized carbons (Fsp3) is 0.516. The van der Waals surface area contributed by atoms with Crippen LogP contribution in [0, 0.1) is 11.3 Å². The number of esters is 1. The summed E-state index contributed by atoms with van der Waals surface area (Å²) in [5, 5.41) is 8.14. The summed E-state index contributed by atoms with van der Waals surface area (Å²) in [6.07, 6.45) is 2.69. The molecule has 4 heterocycles. The SMILES string of the molecule is CCn1c(-c2cccnc2C(C)C)c2c3cc(ccc31)-c1cc(cc(O[Si](C(C)C)(C(C)C)C(C)C)c1)C[C@H](NC(=O)[C@H](C(C)C)N(C)C(=O)CNC(=O)OCc1ccccc1)C(=O)N1CCC[C@H](N1)C(=O)OCC(C)(C)C2. The number of likely N-dealkylation sites (N-methyl/N-ethyl adjacent to an activating group) is 1. The number of fused-ring (bicyclic) bond motifs is 6. The van der Waals surface area contributed by atoms with Crippen LogP contribution < -0.4 is 20.5 Å². The van der Waals surface area contributed by atoms with Crippen LogP contribution in [-0.2, 0) is 54.6 Å². The summed E-state index contributed by atoms with van der Waals surface area (Å²) >= 11 is 0.